The van der Waals surface area contributed by atoms with Gasteiger partial charge in [0.05, 0.1) is 30.0 Å². The maximum absolute atomic E-state index is 13.5. The highest BCUT2D eigenvalue weighted by molar-refractivity contribution is 8.00. The number of fused-ring (bicyclic) bond motifs is 2. The fourth-order valence-electron chi connectivity index (χ4n) is 5.31. The number of hydrogen-bond acceptors (Lipinski definition) is 8. The van der Waals surface area contributed by atoms with Crippen molar-refractivity contribution < 1.29 is 33.8 Å². The molecule has 1 aromatic heterocycles. The van der Waals surface area contributed by atoms with Crippen molar-refractivity contribution in [3.8, 4) is 0 Å². The van der Waals surface area contributed by atoms with Gasteiger partial charge in [0.25, 0.3) is 5.91 Å². The van der Waals surface area contributed by atoms with Crippen LogP contribution in [0.4, 0.5) is 10.7 Å². The number of benzene rings is 3. The third-order valence-electron chi connectivity index (χ3n) is 7.54. The summed E-state index contributed by atoms with van der Waals surface area (Å²) in [6, 6.07) is 17.0. The lowest BCUT2D eigenvalue weighted by Gasteiger charge is -2.25. The van der Waals surface area contributed by atoms with Crippen molar-refractivity contribution in [3.63, 3.8) is 0 Å². The number of thioether (sulfide) groups is 1. The number of nitrogens with one attached hydrogen (secondary N) is 2. The number of nitrogens with zero attached hydrogens (tertiary/aromatic N) is 1. The Balaban J connectivity index is 1.33. The van der Waals surface area contributed by atoms with Crippen molar-refractivity contribution in [2.75, 3.05) is 24.3 Å². The number of carbonyl (C=O) groups excluding carboxylic acids is 4. The fraction of sp³-hybridized carbons (Fsp3) is 0.242. The van der Waals surface area contributed by atoms with Crippen molar-refractivity contribution in [1.82, 2.24) is 4.90 Å². The number of hydrogen-bond donors (Lipinski definition) is 3. The summed E-state index contributed by atoms with van der Waals surface area (Å²) in [6.07, 6.45) is 0.977. The molecule has 232 valence electrons. The van der Waals surface area contributed by atoms with E-state index in [2.05, 4.69) is 10.6 Å². The minimum atomic E-state index is -1.12. The standard InChI is InChI=1S/C33H31N3O7S2/c1-4-25(30(39)35-31-28(33(42)43-3)22-14-15-36(18(2)37)17-26(22)45-31)44-21-11-7-10-20(16-21)34-29(38)23-12-5-8-19-9-6-13-24(27(19)23)32(40)41/h5-13,16,25H,4,14-15,17H2,1-3H3,(H,34,38)(H,35,39)(H,40,41). The number of thiophene rings is 1. The molecule has 5 rings (SSSR count). The van der Waals surface area contributed by atoms with Crippen LogP contribution in [0.15, 0.2) is 65.6 Å². The van der Waals surface area contributed by atoms with Crippen LogP contribution in [-0.4, -0.2) is 58.6 Å². The fourth-order valence-corrected chi connectivity index (χ4v) is 7.58. The molecule has 0 spiro atoms. The predicted octanol–water partition coefficient (Wildman–Crippen LogP) is 6.05. The number of carboxylic acid groups (broad SMARTS) is 1. The first kappa shape index (κ1) is 31.7. The van der Waals surface area contributed by atoms with Crippen LogP contribution in [0.3, 0.4) is 0 Å². The number of esters is 1. The first-order chi connectivity index (χ1) is 21.6. The Morgan fingerprint density at radius 1 is 1.02 bits per heavy atom. The van der Waals surface area contributed by atoms with E-state index in [1.165, 1.54) is 43.2 Å². The Hall–Kier alpha value is -4.68. The molecule has 12 heteroatoms. The van der Waals surface area contributed by atoms with Crippen LogP contribution in [0.5, 0.6) is 0 Å². The third-order valence-corrected chi connectivity index (χ3v) is 10.0. The number of anilines is 2. The number of aromatic carboxylic acids is 1. The van der Waals surface area contributed by atoms with E-state index in [0.717, 1.165) is 15.3 Å². The molecule has 1 atom stereocenters. The summed E-state index contributed by atoms with van der Waals surface area (Å²) in [7, 11) is 1.30. The molecule has 10 nitrogen and oxygen atoms in total. The van der Waals surface area contributed by atoms with Crippen LogP contribution in [0.1, 0.15) is 61.8 Å². The number of ether oxygens (including phenoxy) is 1. The van der Waals surface area contributed by atoms with E-state index in [9.17, 15) is 29.1 Å². The van der Waals surface area contributed by atoms with Gasteiger partial charge in [0.1, 0.15) is 5.00 Å². The highest BCUT2D eigenvalue weighted by Gasteiger charge is 2.31. The molecule has 2 heterocycles. The van der Waals surface area contributed by atoms with Gasteiger partial charge in [-0.25, -0.2) is 9.59 Å². The smallest absolute Gasteiger partial charge is 0.341 e. The monoisotopic (exact) mass is 645 g/mol. The van der Waals surface area contributed by atoms with Gasteiger partial charge in [0.2, 0.25) is 11.8 Å². The summed E-state index contributed by atoms with van der Waals surface area (Å²) in [4.78, 5) is 66.6. The van der Waals surface area contributed by atoms with Crippen molar-refractivity contribution in [2.24, 2.45) is 0 Å². The molecule has 3 amide bonds. The number of rotatable bonds is 9. The summed E-state index contributed by atoms with van der Waals surface area (Å²) in [5.74, 6) is -2.46. The second-order valence-corrected chi connectivity index (χ2v) is 12.8. The number of carboxylic acids is 1. The SMILES string of the molecule is CCC(Sc1cccc(NC(=O)c2cccc3cccc(C(=O)O)c23)c1)C(=O)Nc1sc2c(c1C(=O)OC)CCN(C(C)=O)C2. The minimum Gasteiger partial charge on any atom is -0.478 e. The Morgan fingerprint density at radius 3 is 2.40 bits per heavy atom. The van der Waals surface area contributed by atoms with E-state index in [0.29, 0.717) is 53.0 Å². The van der Waals surface area contributed by atoms with Crippen molar-refractivity contribution in [2.45, 2.75) is 43.4 Å². The largest absolute Gasteiger partial charge is 0.478 e. The summed E-state index contributed by atoms with van der Waals surface area (Å²) >= 11 is 2.60. The van der Waals surface area contributed by atoms with E-state index in [1.54, 1.807) is 53.4 Å². The van der Waals surface area contributed by atoms with E-state index < -0.39 is 23.1 Å². The van der Waals surface area contributed by atoms with Gasteiger partial charge in [0.15, 0.2) is 0 Å². The van der Waals surface area contributed by atoms with E-state index in [-0.39, 0.29) is 22.9 Å². The molecule has 3 N–H and O–H groups in total. The molecular formula is C33H31N3O7S2. The molecule has 1 unspecified atom stereocenters. The molecule has 4 aromatic rings. The molecule has 0 saturated carbocycles. The highest BCUT2D eigenvalue weighted by atomic mass is 32.2. The summed E-state index contributed by atoms with van der Waals surface area (Å²) in [5, 5.41) is 16.4. The lowest BCUT2D eigenvalue weighted by Crippen LogP contribution is -2.34. The molecule has 1 aliphatic rings. The maximum Gasteiger partial charge on any atom is 0.341 e. The molecule has 1 aliphatic heterocycles. The zero-order valence-electron chi connectivity index (χ0n) is 24.8. The third kappa shape index (κ3) is 6.71. The van der Waals surface area contributed by atoms with Gasteiger partial charge in [-0.2, -0.15) is 0 Å². The van der Waals surface area contributed by atoms with E-state index in [1.807, 2.05) is 13.0 Å². The van der Waals surface area contributed by atoms with Gasteiger partial charge >= 0.3 is 11.9 Å². The van der Waals surface area contributed by atoms with Gasteiger partial charge in [-0.15, -0.1) is 23.1 Å². The van der Waals surface area contributed by atoms with Crippen molar-refractivity contribution in [3.05, 3.63) is 87.8 Å². The molecule has 45 heavy (non-hydrogen) atoms. The average Bonchev–Trinajstić information content (AvgIpc) is 3.39. The summed E-state index contributed by atoms with van der Waals surface area (Å²) in [5.41, 5.74) is 1.89. The Bertz CT molecular complexity index is 1830. The Morgan fingerprint density at radius 2 is 1.73 bits per heavy atom. The van der Waals surface area contributed by atoms with Crippen LogP contribution in [-0.2, 0) is 27.3 Å². The van der Waals surface area contributed by atoms with E-state index in [4.69, 9.17) is 4.74 Å². The second kappa shape index (κ2) is 13.5. The van der Waals surface area contributed by atoms with E-state index >= 15 is 0 Å². The summed E-state index contributed by atoms with van der Waals surface area (Å²) in [6.45, 7) is 4.24. The van der Waals surface area contributed by atoms with Gasteiger partial charge in [-0.05, 0) is 54.1 Å². The van der Waals surface area contributed by atoms with Crippen LogP contribution in [0.2, 0.25) is 0 Å². The van der Waals surface area contributed by atoms with Crippen LogP contribution >= 0.6 is 23.1 Å². The maximum atomic E-state index is 13.5. The van der Waals surface area contributed by atoms with Crippen molar-refractivity contribution >= 4 is 74.2 Å². The number of carbonyl (C=O) groups is 5. The first-order valence-electron chi connectivity index (χ1n) is 14.2. The lowest BCUT2D eigenvalue weighted by molar-refractivity contribution is -0.129. The van der Waals surface area contributed by atoms with Crippen LogP contribution < -0.4 is 10.6 Å². The van der Waals surface area contributed by atoms with Gasteiger partial charge in [0, 0.05) is 39.9 Å². The average molecular weight is 646 g/mol. The summed E-state index contributed by atoms with van der Waals surface area (Å²) < 4.78 is 5.03. The highest BCUT2D eigenvalue weighted by Crippen LogP contribution is 2.38. The topological polar surface area (TPSA) is 142 Å². The molecule has 0 saturated heterocycles. The van der Waals surface area contributed by atoms with Gasteiger partial charge in [-0.3, -0.25) is 14.4 Å². The quantitative estimate of drug-likeness (QED) is 0.148. The first-order valence-corrected chi connectivity index (χ1v) is 15.9. The number of methoxy groups -OCH3 is 1. The zero-order chi connectivity index (χ0) is 32.2. The predicted molar refractivity (Wildman–Crippen MR) is 174 cm³/mol. The zero-order valence-corrected chi connectivity index (χ0v) is 26.5. The van der Waals surface area contributed by atoms with Crippen LogP contribution in [0.25, 0.3) is 10.8 Å². The molecule has 0 radical (unpaired) electrons. The molecule has 3 aromatic carbocycles. The Labute approximate surface area is 267 Å². The van der Waals surface area contributed by atoms with Gasteiger partial charge < -0.3 is 25.4 Å². The molecule has 0 fully saturated rings. The second-order valence-electron chi connectivity index (χ2n) is 10.4. The Kier molecular flexibility index (Phi) is 9.54. The lowest BCUT2D eigenvalue weighted by atomic mass is 9.98. The normalized spacial score (nSPS) is 13.1. The van der Waals surface area contributed by atoms with Gasteiger partial charge in [-0.1, -0.05) is 37.3 Å². The molecule has 0 bridgehead atoms. The van der Waals surface area contributed by atoms with Crippen LogP contribution in [0, 0.1) is 0 Å². The number of amides is 3. The molecular weight excluding hydrogens is 615 g/mol. The molecule has 0 aliphatic carbocycles. The minimum absolute atomic E-state index is 0.0393. The van der Waals surface area contributed by atoms with Crippen molar-refractivity contribution in [1.29, 1.82) is 0 Å².